The Morgan fingerprint density at radius 1 is 1.00 bits per heavy atom. The minimum Gasteiger partial charge on any atom is -0.290 e. The molecule has 0 aliphatic rings. The molecular formula is C16H13BrN2S. The molecule has 0 amide bonds. The van der Waals surface area contributed by atoms with E-state index in [0.717, 1.165) is 10.7 Å². The van der Waals surface area contributed by atoms with Crippen molar-refractivity contribution in [2.75, 3.05) is 0 Å². The number of rotatable bonds is 1. The number of para-hydroxylation sites is 1. The number of nitrogens with zero attached hydrogens (tertiary/aromatic N) is 2. The number of aromatic nitrogens is 2. The van der Waals surface area contributed by atoms with E-state index < -0.39 is 0 Å². The number of imidazole rings is 1. The summed E-state index contributed by atoms with van der Waals surface area (Å²) in [6, 6.07) is 16.9. The molecule has 2 aromatic carbocycles. The van der Waals surface area contributed by atoms with Crippen LogP contribution in [0.4, 0.5) is 0 Å². The van der Waals surface area contributed by atoms with Crippen molar-refractivity contribution in [2.45, 2.75) is 6.92 Å². The maximum Gasteiger partial charge on any atom is 0.195 e. The molecule has 2 aromatic heterocycles. The average Bonchev–Trinajstić information content (AvgIpc) is 2.97. The van der Waals surface area contributed by atoms with Crippen molar-refractivity contribution < 1.29 is 0 Å². The maximum absolute atomic E-state index is 4.73. The zero-order chi connectivity index (χ0) is 12.8. The Morgan fingerprint density at radius 2 is 1.75 bits per heavy atom. The Labute approximate surface area is 131 Å². The molecule has 4 heteroatoms. The average molecular weight is 345 g/mol. The number of thiazole rings is 1. The molecule has 0 saturated heterocycles. The lowest BCUT2D eigenvalue weighted by Gasteiger charge is -1.96. The Morgan fingerprint density at radius 3 is 2.55 bits per heavy atom. The molecule has 4 aromatic rings. The normalized spacial score (nSPS) is 10.8. The molecule has 20 heavy (non-hydrogen) atoms. The smallest absolute Gasteiger partial charge is 0.195 e. The molecule has 0 bridgehead atoms. The fourth-order valence-corrected chi connectivity index (χ4v) is 3.32. The second-order valence-electron chi connectivity index (χ2n) is 4.71. The summed E-state index contributed by atoms with van der Waals surface area (Å²) < 4.78 is 3.45. The molecule has 0 unspecified atom stereocenters. The number of fused-ring (bicyclic) bond motifs is 3. The van der Waals surface area contributed by atoms with E-state index in [9.17, 15) is 0 Å². The van der Waals surface area contributed by atoms with E-state index >= 15 is 0 Å². The SMILES string of the molecule is Br.Cc1ccc(-c2cn3c(n2)sc2ccccc23)cc1. The van der Waals surface area contributed by atoms with Crippen LogP contribution in [0.2, 0.25) is 0 Å². The number of halogens is 1. The number of hydrogen-bond acceptors (Lipinski definition) is 2. The van der Waals surface area contributed by atoms with E-state index in [0.29, 0.717) is 0 Å². The fraction of sp³-hybridized carbons (Fsp3) is 0.0625. The van der Waals surface area contributed by atoms with Gasteiger partial charge < -0.3 is 0 Å². The van der Waals surface area contributed by atoms with Gasteiger partial charge in [-0.1, -0.05) is 53.3 Å². The zero-order valence-electron chi connectivity index (χ0n) is 10.9. The van der Waals surface area contributed by atoms with E-state index in [1.54, 1.807) is 11.3 Å². The first kappa shape index (κ1) is 13.3. The van der Waals surface area contributed by atoms with Crippen LogP contribution in [-0.2, 0) is 0 Å². The summed E-state index contributed by atoms with van der Waals surface area (Å²) in [7, 11) is 0. The first-order chi connectivity index (χ1) is 9.31. The summed E-state index contributed by atoms with van der Waals surface area (Å²) in [5, 5.41) is 0. The predicted molar refractivity (Wildman–Crippen MR) is 91.1 cm³/mol. The van der Waals surface area contributed by atoms with Crippen LogP contribution in [0.5, 0.6) is 0 Å². The molecule has 2 nitrogen and oxygen atoms in total. The molecule has 0 aliphatic carbocycles. The van der Waals surface area contributed by atoms with Gasteiger partial charge in [0.05, 0.1) is 15.9 Å². The minimum atomic E-state index is 0. The summed E-state index contributed by atoms with van der Waals surface area (Å²) in [4.78, 5) is 5.78. The minimum absolute atomic E-state index is 0. The Bertz CT molecular complexity index is 874. The molecule has 4 rings (SSSR count). The lowest BCUT2D eigenvalue weighted by Crippen LogP contribution is -1.78. The number of benzene rings is 2. The second kappa shape index (κ2) is 5.04. The van der Waals surface area contributed by atoms with Gasteiger partial charge in [0.1, 0.15) is 0 Å². The van der Waals surface area contributed by atoms with Crippen LogP contribution in [0, 0.1) is 6.92 Å². The highest BCUT2D eigenvalue weighted by molar-refractivity contribution is 8.93. The van der Waals surface area contributed by atoms with Gasteiger partial charge in [0.15, 0.2) is 4.96 Å². The van der Waals surface area contributed by atoms with Crippen molar-refractivity contribution in [3.63, 3.8) is 0 Å². The highest BCUT2D eigenvalue weighted by Crippen LogP contribution is 2.29. The van der Waals surface area contributed by atoms with E-state index in [-0.39, 0.29) is 17.0 Å². The third-order valence-corrected chi connectivity index (χ3v) is 4.38. The zero-order valence-corrected chi connectivity index (χ0v) is 13.4. The van der Waals surface area contributed by atoms with Crippen LogP contribution < -0.4 is 0 Å². The molecule has 100 valence electrons. The Balaban J connectivity index is 0.00000121. The van der Waals surface area contributed by atoms with Crippen LogP contribution in [0.15, 0.2) is 54.7 Å². The summed E-state index contributed by atoms with van der Waals surface area (Å²) in [5.74, 6) is 0. The molecule has 0 spiro atoms. The van der Waals surface area contributed by atoms with Gasteiger partial charge in [-0.25, -0.2) is 4.98 Å². The predicted octanol–water partition coefficient (Wildman–Crippen LogP) is 5.10. The van der Waals surface area contributed by atoms with Crippen LogP contribution in [0.25, 0.3) is 26.4 Å². The van der Waals surface area contributed by atoms with Crippen LogP contribution in [0.1, 0.15) is 5.56 Å². The van der Waals surface area contributed by atoms with Crippen molar-refractivity contribution in [1.29, 1.82) is 0 Å². The Kier molecular flexibility index (Phi) is 3.36. The molecular weight excluding hydrogens is 332 g/mol. The van der Waals surface area contributed by atoms with Crippen LogP contribution in [-0.4, -0.2) is 9.38 Å². The van der Waals surface area contributed by atoms with Gasteiger partial charge >= 0.3 is 0 Å². The summed E-state index contributed by atoms with van der Waals surface area (Å²) in [5.41, 5.74) is 4.71. The third-order valence-electron chi connectivity index (χ3n) is 3.35. The standard InChI is InChI=1S/C16H12N2S.BrH/c1-11-6-8-12(9-7-11)13-10-18-14-4-2-3-5-15(14)19-16(18)17-13;/h2-10H,1H3;1H. The fourth-order valence-electron chi connectivity index (χ4n) is 2.31. The molecule has 0 radical (unpaired) electrons. The van der Waals surface area contributed by atoms with Crippen molar-refractivity contribution in [3.05, 3.63) is 60.3 Å². The van der Waals surface area contributed by atoms with Gasteiger partial charge in [-0.15, -0.1) is 17.0 Å². The van der Waals surface area contributed by atoms with Gasteiger partial charge in [-0.2, -0.15) is 0 Å². The first-order valence-corrected chi connectivity index (χ1v) is 7.06. The first-order valence-electron chi connectivity index (χ1n) is 6.25. The number of hydrogen-bond donors (Lipinski definition) is 0. The van der Waals surface area contributed by atoms with Gasteiger partial charge in [0, 0.05) is 11.8 Å². The molecule has 0 fully saturated rings. The summed E-state index contributed by atoms with van der Waals surface area (Å²) >= 11 is 1.73. The molecule has 0 N–H and O–H groups in total. The molecule has 0 saturated carbocycles. The van der Waals surface area contributed by atoms with Crippen molar-refractivity contribution in [2.24, 2.45) is 0 Å². The van der Waals surface area contributed by atoms with Gasteiger partial charge in [0.25, 0.3) is 0 Å². The second-order valence-corrected chi connectivity index (χ2v) is 5.72. The molecule has 2 heterocycles. The lowest BCUT2D eigenvalue weighted by atomic mass is 10.1. The quantitative estimate of drug-likeness (QED) is 0.469. The van der Waals surface area contributed by atoms with E-state index in [1.807, 2.05) is 0 Å². The molecule has 0 aliphatic heterocycles. The highest BCUT2D eigenvalue weighted by atomic mass is 79.9. The summed E-state index contributed by atoms with van der Waals surface area (Å²) in [6.45, 7) is 2.10. The van der Waals surface area contributed by atoms with Crippen molar-refractivity contribution in [1.82, 2.24) is 9.38 Å². The third kappa shape index (κ3) is 2.05. The van der Waals surface area contributed by atoms with E-state index in [2.05, 4.69) is 66.1 Å². The number of aryl methyl sites for hydroxylation is 1. The van der Waals surface area contributed by atoms with Gasteiger partial charge in [0.2, 0.25) is 0 Å². The summed E-state index contributed by atoms with van der Waals surface area (Å²) in [6.07, 6.45) is 2.12. The topological polar surface area (TPSA) is 17.3 Å². The van der Waals surface area contributed by atoms with Crippen molar-refractivity contribution in [3.8, 4) is 11.3 Å². The van der Waals surface area contributed by atoms with E-state index in [4.69, 9.17) is 4.98 Å². The monoisotopic (exact) mass is 344 g/mol. The maximum atomic E-state index is 4.73. The van der Waals surface area contributed by atoms with Crippen molar-refractivity contribution >= 4 is 43.5 Å². The Hall–Kier alpha value is -1.65. The van der Waals surface area contributed by atoms with E-state index in [1.165, 1.54) is 21.3 Å². The van der Waals surface area contributed by atoms with Gasteiger partial charge in [-0.3, -0.25) is 4.40 Å². The van der Waals surface area contributed by atoms with Gasteiger partial charge in [-0.05, 0) is 19.1 Å². The molecule has 0 atom stereocenters. The largest absolute Gasteiger partial charge is 0.290 e. The van der Waals surface area contributed by atoms with Crippen LogP contribution in [0.3, 0.4) is 0 Å². The highest BCUT2D eigenvalue weighted by Gasteiger charge is 2.09. The van der Waals surface area contributed by atoms with Crippen LogP contribution >= 0.6 is 28.3 Å². The lowest BCUT2D eigenvalue weighted by molar-refractivity contribution is 1.30.